The lowest BCUT2D eigenvalue weighted by molar-refractivity contribution is 0.0425. The molecule has 1 aromatic carbocycles. The Morgan fingerprint density at radius 1 is 1.21 bits per heavy atom. The molecule has 0 radical (unpaired) electrons. The predicted molar refractivity (Wildman–Crippen MR) is 82.9 cm³/mol. The SMILES string of the molecule is CCc1nnc(COC(=O)c2nn(-c3ccccc3)cc2OC)o1. The largest absolute Gasteiger partial charge is 0.493 e. The molecule has 3 aromatic rings. The van der Waals surface area contributed by atoms with Crippen LogP contribution in [-0.4, -0.2) is 33.1 Å². The number of nitrogens with zero attached hydrogens (tertiary/aromatic N) is 4. The predicted octanol–water partition coefficient (Wildman–Crippen LogP) is 2.18. The molecule has 24 heavy (non-hydrogen) atoms. The van der Waals surface area contributed by atoms with E-state index in [2.05, 4.69) is 15.3 Å². The monoisotopic (exact) mass is 328 g/mol. The number of aryl methyl sites for hydroxylation is 1. The van der Waals surface area contributed by atoms with Gasteiger partial charge in [-0.1, -0.05) is 25.1 Å². The van der Waals surface area contributed by atoms with Gasteiger partial charge in [0.15, 0.2) is 12.4 Å². The van der Waals surface area contributed by atoms with E-state index in [1.54, 1.807) is 10.9 Å². The van der Waals surface area contributed by atoms with E-state index in [-0.39, 0.29) is 18.2 Å². The van der Waals surface area contributed by atoms with Crippen LogP contribution in [-0.2, 0) is 17.8 Å². The second-order valence-electron chi connectivity index (χ2n) is 4.85. The summed E-state index contributed by atoms with van der Waals surface area (Å²) in [5.74, 6) is 0.426. The first-order chi connectivity index (χ1) is 11.7. The van der Waals surface area contributed by atoms with E-state index in [9.17, 15) is 4.79 Å². The summed E-state index contributed by atoms with van der Waals surface area (Å²) in [6.07, 6.45) is 2.24. The Morgan fingerprint density at radius 3 is 2.62 bits per heavy atom. The number of para-hydroxylation sites is 1. The fourth-order valence-corrected chi connectivity index (χ4v) is 2.05. The van der Waals surface area contributed by atoms with Crippen LogP contribution in [0.5, 0.6) is 5.75 Å². The number of carbonyl (C=O) groups excluding carboxylic acids is 1. The molecule has 124 valence electrons. The minimum absolute atomic E-state index is 0.0802. The molecule has 0 aliphatic heterocycles. The summed E-state index contributed by atoms with van der Waals surface area (Å²) in [5.41, 5.74) is 0.885. The third-order valence-electron chi connectivity index (χ3n) is 3.25. The zero-order valence-electron chi connectivity index (χ0n) is 13.3. The molecule has 0 bridgehead atoms. The summed E-state index contributed by atoms with van der Waals surface area (Å²) in [6, 6.07) is 9.39. The zero-order valence-corrected chi connectivity index (χ0v) is 13.3. The molecule has 8 nitrogen and oxygen atoms in total. The van der Waals surface area contributed by atoms with E-state index >= 15 is 0 Å². The molecular formula is C16H16N4O4. The lowest BCUT2D eigenvalue weighted by atomic mass is 10.3. The van der Waals surface area contributed by atoms with E-state index in [1.807, 2.05) is 37.3 Å². The van der Waals surface area contributed by atoms with Gasteiger partial charge < -0.3 is 13.9 Å². The number of hydrogen-bond donors (Lipinski definition) is 0. The van der Waals surface area contributed by atoms with Crippen molar-refractivity contribution in [2.24, 2.45) is 0 Å². The van der Waals surface area contributed by atoms with Gasteiger partial charge in [-0.3, -0.25) is 0 Å². The zero-order chi connectivity index (χ0) is 16.9. The van der Waals surface area contributed by atoms with Gasteiger partial charge >= 0.3 is 5.97 Å². The summed E-state index contributed by atoms with van der Waals surface area (Å²) in [6.45, 7) is 1.78. The molecule has 8 heteroatoms. The molecule has 0 unspecified atom stereocenters. The molecule has 0 amide bonds. The topological polar surface area (TPSA) is 92.3 Å². The Hall–Kier alpha value is -3.16. The Morgan fingerprint density at radius 2 is 1.96 bits per heavy atom. The van der Waals surface area contributed by atoms with Crippen LogP contribution in [0.3, 0.4) is 0 Å². The average Bonchev–Trinajstić information content (AvgIpc) is 3.27. The van der Waals surface area contributed by atoms with E-state index in [0.29, 0.717) is 18.1 Å². The lowest BCUT2D eigenvalue weighted by Gasteiger charge is -2.01. The quantitative estimate of drug-likeness (QED) is 0.640. The van der Waals surface area contributed by atoms with Crippen molar-refractivity contribution in [1.29, 1.82) is 0 Å². The Bertz CT molecular complexity index is 826. The summed E-state index contributed by atoms with van der Waals surface area (Å²) in [5, 5.41) is 11.8. The molecule has 0 spiro atoms. The van der Waals surface area contributed by atoms with Crippen LogP contribution >= 0.6 is 0 Å². The summed E-state index contributed by atoms with van der Waals surface area (Å²) in [7, 11) is 1.47. The maximum atomic E-state index is 12.3. The smallest absolute Gasteiger partial charge is 0.363 e. The number of ether oxygens (including phenoxy) is 2. The highest BCUT2D eigenvalue weighted by atomic mass is 16.5. The van der Waals surface area contributed by atoms with Crippen molar-refractivity contribution in [3.8, 4) is 11.4 Å². The molecule has 0 aliphatic rings. The minimum atomic E-state index is -0.627. The van der Waals surface area contributed by atoms with Crippen LogP contribution < -0.4 is 4.74 Å². The molecule has 0 saturated carbocycles. The van der Waals surface area contributed by atoms with Crippen LogP contribution in [0.1, 0.15) is 29.2 Å². The summed E-state index contributed by atoms with van der Waals surface area (Å²) >= 11 is 0. The second-order valence-corrected chi connectivity index (χ2v) is 4.85. The van der Waals surface area contributed by atoms with Crippen molar-refractivity contribution in [2.45, 2.75) is 20.0 Å². The van der Waals surface area contributed by atoms with Crippen molar-refractivity contribution in [1.82, 2.24) is 20.0 Å². The summed E-state index contributed by atoms with van der Waals surface area (Å²) in [4.78, 5) is 12.3. The van der Waals surface area contributed by atoms with E-state index in [1.165, 1.54) is 7.11 Å². The molecule has 0 saturated heterocycles. The summed E-state index contributed by atoms with van der Waals surface area (Å²) < 4.78 is 17.2. The van der Waals surface area contributed by atoms with Gasteiger partial charge in [0.05, 0.1) is 19.0 Å². The van der Waals surface area contributed by atoms with Gasteiger partial charge in [-0.15, -0.1) is 10.2 Å². The number of aromatic nitrogens is 4. The first kappa shape index (κ1) is 15.7. The molecule has 2 heterocycles. The Kier molecular flexibility index (Phi) is 4.55. The van der Waals surface area contributed by atoms with Crippen LogP contribution in [0.25, 0.3) is 5.69 Å². The van der Waals surface area contributed by atoms with Crippen LogP contribution in [0.15, 0.2) is 40.9 Å². The van der Waals surface area contributed by atoms with E-state index in [4.69, 9.17) is 13.9 Å². The number of esters is 1. The first-order valence-corrected chi connectivity index (χ1v) is 7.38. The standard InChI is InChI=1S/C16H16N4O4/c1-3-13-17-18-14(24-13)10-23-16(21)15-12(22-2)9-20(19-15)11-7-5-4-6-8-11/h4-9H,3,10H2,1-2H3. The van der Waals surface area contributed by atoms with Gasteiger partial charge in [0.25, 0.3) is 5.89 Å². The number of rotatable bonds is 6. The molecular weight excluding hydrogens is 312 g/mol. The molecule has 0 N–H and O–H groups in total. The van der Waals surface area contributed by atoms with E-state index < -0.39 is 5.97 Å². The van der Waals surface area contributed by atoms with Crippen LogP contribution in [0, 0.1) is 0 Å². The maximum Gasteiger partial charge on any atom is 0.363 e. The van der Waals surface area contributed by atoms with Crippen molar-refractivity contribution < 1.29 is 18.7 Å². The van der Waals surface area contributed by atoms with Gasteiger partial charge in [0.2, 0.25) is 11.6 Å². The number of carbonyl (C=O) groups is 1. The van der Waals surface area contributed by atoms with Gasteiger partial charge in [-0.2, -0.15) is 5.10 Å². The van der Waals surface area contributed by atoms with Crippen molar-refractivity contribution >= 4 is 5.97 Å². The number of hydrogen-bond acceptors (Lipinski definition) is 7. The second kappa shape index (κ2) is 6.95. The highest BCUT2D eigenvalue weighted by Crippen LogP contribution is 2.20. The molecule has 0 atom stereocenters. The Balaban J connectivity index is 1.75. The van der Waals surface area contributed by atoms with Gasteiger partial charge in [-0.05, 0) is 12.1 Å². The van der Waals surface area contributed by atoms with Crippen LogP contribution in [0.4, 0.5) is 0 Å². The highest BCUT2D eigenvalue weighted by Gasteiger charge is 2.20. The number of methoxy groups -OCH3 is 1. The first-order valence-electron chi connectivity index (χ1n) is 7.38. The molecule has 3 rings (SSSR count). The third-order valence-corrected chi connectivity index (χ3v) is 3.25. The number of benzene rings is 1. The fraction of sp³-hybridized carbons (Fsp3) is 0.250. The molecule has 2 aromatic heterocycles. The van der Waals surface area contributed by atoms with Crippen molar-refractivity contribution in [2.75, 3.05) is 7.11 Å². The average molecular weight is 328 g/mol. The fourth-order valence-electron chi connectivity index (χ4n) is 2.05. The van der Waals surface area contributed by atoms with Gasteiger partial charge in [-0.25, -0.2) is 9.48 Å². The normalized spacial score (nSPS) is 10.6. The highest BCUT2D eigenvalue weighted by molar-refractivity contribution is 5.90. The third kappa shape index (κ3) is 3.27. The Labute approximate surface area is 138 Å². The van der Waals surface area contributed by atoms with Crippen molar-refractivity contribution in [3.05, 3.63) is 54.0 Å². The van der Waals surface area contributed by atoms with Gasteiger partial charge in [0, 0.05) is 6.42 Å². The lowest BCUT2D eigenvalue weighted by Crippen LogP contribution is -2.08. The molecule has 0 fully saturated rings. The van der Waals surface area contributed by atoms with Crippen molar-refractivity contribution in [3.63, 3.8) is 0 Å². The molecule has 0 aliphatic carbocycles. The minimum Gasteiger partial charge on any atom is -0.493 e. The van der Waals surface area contributed by atoms with Crippen LogP contribution in [0.2, 0.25) is 0 Å². The maximum absolute atomic E-state index is 12.3. The van der Waals surface area contributed by atoms with Gasteiger partial charge in [0.1, 0.15) is 0 Å². The van der Waals surface area contributed by atoms with E-state index in [0.717, 1.165) is 5.69 Å².